The lowest BCUT2D eigenvalue weighted by Gasteiger charge is -2.43. The van der Waals surface area contributed by atoms with Crippen LogP contribution in [0.3, 0.4) is 0 Å². The van der Waals surface area contributed by atoms with Gasteiger partial charge in [0.05, 0.1) is 17.9 Å². The minimum Gasteiger partial charge on any atom is -0.393 e. The van der Waals surface area contributed by atoms with Crippen LogP contribution < -0.4 is 0 Å². The zero-order chi connectivity index (χ0) is 27.4. The molecule has 0 bridgehead atoms. The predicted molar refractivity (Wildman–Crippen MR) is 155 cm³/mol. The van der Waals surface area contributed by atoms with Crippen molar-refractivity contribution in [3.05, 3.63) is 59.8 Å². The molecule has 0 saturated heterocycles. The van der Waals surface area contributed by atoms with Crippen molar-refractivity contribution in [3.63, 3.8) is 0 Å². The van der Waals surface area contributed by atoms with E-state index in [1.165, 1.54) is 18.4 Å². The van der Waals surface area contributed by atoms with E-state index in [0.717, 1.165) is 30.5 Å². The van der Waals surface area contributed by atoms with Crippen molar-refractivity contribution in [3.8, 4) is 0 Å². The predicted octanol–water partition coefficient (Wildman–Crippen LogP) is 7.70. The van der Waals surface area contributed by atoms with Gasteiger partial charge in [-0.1, -0.05) is 107 Å². The van der Waals surface area contributed by atoms with E-state index in [2.05, 4.69) is 90.6 Å². The first-order valence-corrected chi connectivity index (χ1v) is 14.2. The van der Waals surface area contributed by atoms with Gasteiger partial charge in [-0.3, -0.25) is 0 Å². The van der Waals surface area contributed by atoms with Crippen molar-refractivity contribution in [1.29, 1.82) is 0 Å². The minimum atomic E-state index is -0.497. The highest BCUT2D eigenvalue weighted by Crippen LogP contribution is 2.57. The van der Waals surface area contributed by atoms with Crippen LogP contribution in [0.1, 0.15) is 93.4 Å². The summed E-state index contributed by atoms with van der Waals surface area (Å²) in [6.45, 7) is 19.6. The van der Waals surface area contributed by atoms with E-state index in [1.807, 2.05) is 0 Å². The van der Waals surface area contributed by atoms with E-state index in [4.69, 9.17) is 4.84 Å². The maximum Gasteiger partial charge on any atom is 0.135 e. The molecule has 2 fully saturated rings. The highest BCUT2D eigenvalue weighted by molar-refractivity contribution is 5.98. The summed E-state index contributed by atoms with van der Waals surface area (Å²) in [6, 6.07) is 0. The Hall–Kier alpha value is -1.91. The number of hydrogen-bond donors (Lipinski definition) is 2. The van der Waals surface area contributed by atoms with Crippen LogP contribution >= 0.6 is 0 Å². The fourth-order valence-corrected chi connectivity index (χ4v) is 6.56. The molecule has 5 atom stereocenters. The van der Waals surface area contributed by atoms with Gasteiger partial charge in [0.2, 0.25) is 0 Å². The fourth-order valence-electron chi connectivity index (χ4n) is 6.56. The number of fused-ring (bicyclic) bond motifs is 1. The number of nitrogens with zero attached hydrogens (tertiary/aromatic N) is 1. The second kappa shape index (κ2) is 11.9. The maximum absolute atomic E-state index is 10.6. The van der Waals surface area contributed by atoms with Gasteiger partial charge >= 0.3 is 0 Å². The highest BCUT2D eigenvalue weighted by Gasteiger charge is 2.46. The van der Waals surface area contributed by atoms with Gasteiger partial charge in [-0.15, -0.1) is 0 Å². The zero-order valence-corrected chi connectivity index (χ0v) is 24.4. The van der Waals surface area contributed by atoms with Crippen molar-refractivity contribution in [1.82, 2.24) is 0 Å². The molecule has 0 aliphatic heterocycles. The lowest BCUT2D eigenvalue weighted by atomic mass is 9.62. The summed E-state index contributed by atoms with van der Waals surface area (Å²) in [7, 11) is 0. The number of oxime groups is 1. The molecule has 0 aromatic carbocycles. The lowest BCUT2D eigenvalue weighted by molar-refractivity contribution is -0.00659. The Kier molecular flexibility index (Phi) is 9.51. The van der Waals surface area contributed by atoms with Gasteiger partial charge in [-0.25, -0.2) is 0 Å². The van der Waals surface area contributed by atoms with Crippen LogP contribution in [0, 0.1) is 28.1 Å². The topological polar surface area (TPSA) is 62.0 Å². The number of rotatable bonds is 8. The zero-order valence-electron chi connectivity index (χ0n) is 24.4. The van der Waals surface area contributed by atoms with Crippen LogP contribution in [0.2, 0.25) is 0 Å². The first kappa shape index (κ1) is 29.6. The van der Waals surface area contributed by atoms with Crippen molar-refractivity contribution in [2.24, 2.45) is 33.2 Å². The molecule has 2 saturated carbocycles. The normalized spacial score (nSPS) is 33.5. The summed E-state index contributed by atoms with van der Waals surface area (Å²) in [6.07, 6.45) is 19.0. The molecule has 0 radical (unpaired) electrons. The molecule has 0 amide bonds. The number of allylic oxidation sites excluding steroid dienone is 7. The van der Waals surface area contributed by atoms with Crippen LogP contribution in [0.4, 0.5) is 0 Å². The Bertz CT molecular complexity index is 974. The molecule has 0 aromatic rings. The second-order valence-electron chi connectivity index (χ2n) is 13.3. The van der Waals surface area contributed by atoms with Crippen LogP contribution in [0.5, 0.6) is 0 Å². The summed E-state index contributed by atoms with van der Waals surface area (Å²) >= 11 is 0. The number of aliphatic hydroxyl groups is 2. The molecule has 2 N–H and O–H groups in total. The average molecular weight is 510 g/mol. The lowest BCUT2D eigenvalue weighted by Crippen LogP contribution is -2.40. The minimum absolute atomic E-state index is 0.0822. The third-order valence-electron chi connectivity index (χ3n) is 9.14. The Labute approximate surface area is 226 Å². The van der Waals surface area contributed by atoms with Crippen molar-refractivity contribution < 1.29 is 15.1 Å². The molecule has 4 heteroatoms. The quantitative estimate of drug-likeness (QED) is 0.152. The summed E-state index contributed by atoms with van der Waals surface area (Å²) < 4.78 is 0. The first-order valence-electron chi connectivity index (χ1n) is 14.2. The molecule has 3 rings (SSSR count). The number of aliphatic hydroxyl groups excluding tert-OH is 2. The van der Waals surface area contributed by atoms with Gasteiger partial charge in [-0.05, 0) is 61.9 Å². The van der Waals surface area contributed by atoms with Crippen LogP contribution in [0.25, 0.3) is 0 Å². The average Bonchev–Trinajstić information content (AvgIpc) is 3.16. The van der Waals surface area contributed by atoms with E-state index in [1.54, 1.807) is 11.6 Å². The van der Waals surface area contributed by atoms with Crippen molar-refractivity contribution in [2.75, 3.05) is 6.61 Å². The van der Waals surface area contributed by atoms with Gasteiger partial charge in [-0.2, -0.15) is 0 Å². The Morgan fingerprint density at radius 3 is 2.65 bits per heavy atom. The first-order chi connectivity index (χ1) is 17.3. The third-order valence-corrected chi connectivity index (χ3v) is 9.14. The summed E-state index contributed by atoms with van der Waals surface area (Å²) in [5, 5.41) is 25.2. The standard InChI is InChI=1S/C33H51NO3/c1-9-20-37-34-29(31(3,4)5)14-10-12-23(2)27-17-18-28-24(13-11-19-33(27,28)8)15-16-25-21-26(35)22-30(36)32(25,6)7/h9-10,14-17,23,26,28,30,35-36H,1,11-13,18-22H2,2-8H3/b14-10+,24-15+,25-16-,34-29+/t23-,26+,28-,30-,33+/m0/s1. The molecule has 206 valence electrons. The molecule has 3 aliphatic rings. The Balaban J connectivity index is 1.73. The Morgan fingerprint density at radius 1 is 1.24 bits per heavy atom. The fraction of sp³-hybridized carbons (Fsp3) is 0.667. The highest BCUT2D eigenvalue weighted by atomic mass is 16.6. The molecule has 0 spiro atoms. The van der Waals surface area contributed by atoms with Gasteiger partial charge in [0.15, 0.2) is 0 Å². The molecule has 0 aromatic heterocycles. The third kappa shape index (κ3) is 6.75. The Morgan fingerprint density at radius 2 is 1.97 bits per heavy atom. The SMILES string of the molecule is C=CCO/N=C(\C=C\C[C@H](C)C1=CC[C@H]2/C(=C/C=C3/C[C@@H](O)C[C@H](O)C3(C)C)CCC[C@]12C)C(C)(C)C. The van der Waals surface area contributed by atoms with Crippen molar-refractivity contribution in [2.45, 2.75) is 106 Å². The van der Waals surface area contributed by atoms with Gasteiger partial charge in [0.1, 0.15) is 6.61 Å². The largest absolute Gasteiger partial charge is 0.393 e. The molecule has 0 heterocycles. The molecule has 3 aliphatic carbocycles. The van der Waals surface area contributed by atoms with E-state index >= 15 is 0 Å². The monoisotopic (exact) mass is 509 g/mol. The summed E-state index contributed by atoms with van der Waals surface area (Å²) in [4.78, 5) is 5.39. The molecule has 37 heavy (non-hydrogen) atoms. The van der Waals surface area contributed by atoms with Gasteiger partial charge < -0.3 is 15.1 Å². The van der Waals surface area contributed by atoms with Crippen LogP contribution in [-0.2, 0) is 4.84 Å². The van der Waals surface area contributed by atoms with E-state index < -0.39 is 12.2 Å². The molecule has 0 unspecified atom stereocenters. The number of hydrogen-bond acceptors (Lipinski definition) is 4. The van der Waals surface area contributed by atoms with Crippen molar-refractivity contribution >= 4 is 5.71 Å². The van der Waals surface area contributed by atoms with Crippen LogP contribution in [0.15, 0.2) is 64.9 Å². The molecule has 4 nitrogen and oxygen atoms in total. The summed E-state index contributed by atoms with van der Waals surface area (Å²) in [5.74, 6) is 1.02. The smallest absolute Gasteiger partial charge is 0.135 e. The van der Waals surface area contributed by atoms with E-state index in [0.29, 0.717) is 31.3 Å². The van der Waals surface area contributed by atoms with Gasteiger partial charge in [0, 0.05) is 17.3 Å². The molecular formula is C33H51NO3. The maximum atomic E-state index is 10.6. The second-order valence-corrected chi connectivity index (χ2v) is 13.3. The van der Waals surface area contributed by atoms with E-state index in [9.17, 15) is 10.2 Å². The van der Waals surface area contributed by atoms with Gasteiger partial charge in [0.25, 0.3) is 0 Å². The van der Waals surface area contributed by atoms with E-state index in [-0.39, 0.29) is 16.2 Å². The summed E-state index contributed by atoms with van der Waals surface area (Å²) in [5.41, 5.74) is 5.06. The molecular weight excluding hydrogens is 458 g/mol. The van der Waals surface area contributed by atoms with Crippen LogP contribution in [-0.4, -0.2) is 34.7 Å².